The molecule has 1 heterocycles. The van der Waals surface area contributed by atoms with Crippen molar-refractivity contribution in [3.8, 4) is 11.5 Å². The van der Waals surface area contributed by atoms with Gasteiger partial charge in [0.1, 0.15) is 19.0 Å². The Kier molecular flexibility index (Phi) is 9.70. The van der Waals surface area contributed by atoms with Gasteiger partial charge in [0.15, 0.2) is 27.1 Å². The lowest BCUT2D eigenvalue weighted by Gasteiger charge is -2.34. The van der Waals surface area contributed by atoms with Crippen molar-refractivity contribution < 1.29 is 35.9 Å². The van der Waals surface area contributed by atoms with Crippen molar-refractivity contribution in [2.24, 2.45) is 17.6 Å². The number of fused-ring (bicyclic) bond motifs is 1. The molecule has 1 aliphatic heterocycles. The lowest BCUT2D eigenvalue weighted by molar-refractivity contribution is -0.131. The quantitative estimate of drug-likeness (QED) is 0.240. The molecule has 0 radical (unpaired) electrons. The van der Waals surface area contributed by atoms with E-state index in [1.165, 1.54) is 37.3 Å². The molecule has 3 aromatic carbocycles. The van der Waals surface area contributed by atoms with E-state index in [-0.39, 0.29) is 22.8 Å². The van der Waals surface area contributed by atoms with Crippen molar-refractivity contribution in [2.75, 3.05) is 24.7 Å². The number of hydrogen-bond acceptors (Lipinski definition) is 9. The van der Waals surface area contributed by atoms with Crippen LogP contribution in [0.1, 0.15) is 29.8 Å². The fourth-order valence-corrected chi connectivity index (χ4v) is 7.95. The van der Waals surface area contributed by atoms with Crippen LogP contribution in [0.4, 0.5) is 0 Å². The average molecular weight is 615 g/mol. The van der Waals surface area contributed by atoms with Crippen LogP contribution in [0.2, 0.25) is 0 Å². The van der Waals surface area contributed by atoms with Gasteiger partial charge in [0, 0.05) is 11.6 Å². The number of carbonyl (C=O) groups is 2. The first kappa shape index (κ1) is 31.2. The first-order valence-corrected chi connectivity index (χ1v) is 16.7. The zero-order chi connectivity index (χ0) is 30.5. The number of hydrogen-bond donors (Lipinski definition) is 1. The maximum atomic E-state index is 14.0. The predicted octanol–water partition coefficient (Wildman–Crippen LogP) is 3.07. The minimum Gasteiger partial charge on any atom is -0.486 e. The molecule has 0 fully saturated rings. The number of sulfonamides is 1. The van der Waals surface area contributed by atoms with Crippen LogP contribution < -0.4 is 15.2 Å². The summed E-state index contributed by atoms with van der Waals surface area (Å²) in [6.45, 7) is 3.57. The molecule has 2 N–H and O–H groups in total. The molecule has 224 valence electrons. The van der Waals surface area contributed by atoms with E-state index in [0.29, 0.717) is 23.1 Å². The molecule has 10 nitrogen and oxygen atoms in total. The minimum absolute atomic E-state index is 0.204. The van der Waals surface area contributed by atoms with Crippen LogP contribution in [-0.2, 0) is 31.1 Å². The van der Waals surface area contributed by atoms with Crippen LogP contribution in [-0.4, -0.2) is 63.7 Å². The highest BCUT2D eigenvalue weighted by atomic mass is 32.2. The highest BCUT2D eigenvalue weighted by Crippen LogP contribution is 2.34. The van der Waals surface area contributed by atoms with Crippen LogP contribution in [0.3, 0.4) is 0 Å². The number of rotatable bonds is 12. The topological polar surface area (TPSA) is 150 Å². The van der Waals surface area contributed by atoms with E-state index in [0.717, 1.165) is 5.56 Å². The number of nitrogens with zero attached hydrogens (tertiary/aromatic N) is 1. The fourth-order valence-electron chi connectivity index (χ4n) is 4.70. The molecule has 0 aromatic heterocycles. The number of carbonyl (C=O) groups excluding carboxylic acids is 2. The van der Waals surface area contributed by atoms with Gasteiger partial charge in [-0.2, -0.15) is 0 Å². The van der Waals surface area contributed by atoms with Crippen molar-refractivity contribution >= 4 is 31.6 Å². The van der Waals surface area contributed by atoms with Gasteiger partial charge < -0.3 is 15.2 Å². The van der Waals surface area contributed by atoms with Gasteiger partial charge >= 0.3 is 0 Å². The summed E-state index contributed by atoms with van der Waals surface area (Å²) in [6, 6.07) is 21.2. The second-order valence-corrected chi connectivity index (χ2v) is 14.3. The molecule has 1 amide bonds. The largest absolute Gasteiger partial charge is 0.486 e. The smallest absolute Gasteiger partial charge is 0.268 e. The molecule has 0 aliphatic carbocycles. The summed E-state index contributed by atoms with van der Waals surface area (Å²) in [5.74, 6) is -4.46. The summed E-state index contributed by atoms with van der Waals surface area (Å²) in [5, 5.41) is 0. The third-order valence-corrected chi connectivity index (χ3v) is 10.4. The monoisotopic (exact) mass is 614 g/mol. The summed E-state index contributed by atoms with van der Waals surface area (Å²) >= 11 is 0. The van der Waals surface area contributed by atoms with Crippen molar-refractivity contribution in [2.45, 2.75) is 31.3 Å². The van der Waals surface area contributed by atoms with E-state index < -0.39 is 61.1 Å². The van der Waals surface area contributed by atoms with Gasteiger partial charge in [0.05, 0.1) is 22.7 Å². The first-order chi connectivity index (χ1) is 19.9. The number of ether oxygens (including phenoxy) is 2. The van der Waals surface area contributed by atoms with Crippen molar-refractivity contribution in [3.63, 3.8) is 0 Å². The van der Waals surface area contributed by atoms with Gasteiger partial charge in [-0.25, -0.2) is 21.1 Å². The normalized spacial score (nSPS) is 15.3. The maximum Gasteiger partial charge on any atom is 0.268 e. The summed E-state index contributed by atoms with van der Waals surface area (Å²) in [6.07, 6.45) is -0.965. The van der Waals surface area contributed by atoms with Crippen molar-refractivity contribution in [3.05, 3.63) is 90.0 Å². The molecule has 0 saturated heterocycles. The lowest BCUT2D eigenvalue weighted by Crippen LogP contribution is -2.55. The Labute approximate surface area is 246 Å². The van der Waals surface area contributed by atoms with Gasteiger partial charge in [0.25, 0.3) is 10.0 Å². The zero-order valence-electron chi connectivity index (χ0n) is 23.4. The summed E-state index contributed by atoms with van der Waals surface area (Å²) < 4.78 is 65.6. The van der Waals surface area contributed by atoms with Crippen LogP contribution >= 0.6 is 0 Å². The molecule has 1 unspecified atom stereocenters. The highest BCUT2D eigenvalue weighted by Gasteiger charge is 2.40. The number of benzene rings is 3. The summed E-state index contributed by atoms with van der Waals surface area (Å²) in [5.41, 5.74) is 7.61. The van der Waals surface area contributed by atoms with Gasteiger partial charge in [-0.1, -0.05) is 74.5 Å². The standard InChI is InChI=1S/C30H34N2O8S2/c1-21(17-23-9-5-3-6-10-23)29(31)32(42(37,38)25-13-14-27-28(18-25)40-16-15-39-27)30(34)22(2)19-41(35,36)20-26(33)24-11-7-4-8-12-24/h3-14,18,21-22,29H,15-17,19-20,31H2,1-2H3/t21-,22?,29-/m0/s1. The number of amides is 1. The second kappa shape index (κ2) is 13.1. The van der Waals surface area contributed by atoms with Crippen LogP contribution in [0.25, 0.3) is 0 Å². The number of Topliss-reactive ketones (excluding diaryl/α,β-unsaturated/α-hetero) is 1. The lowest BCUT2D eigenvalue weighted by atomic mass is 9.98. The first-order valence-electron chi connectivity index (χ1n) is 13.4. The van der Waals surface area contributed by atoms with Crippen molar-refractivity contribution in [1.29, 1.82) is 0 Å². The van der Waals surface area contributed by atoms with E-state index in [1.54, 1.807) is 25.1 Å². The van der Waals surface area contributed by atoms with Gasteiger partial charge in [0.2, 0.25) is 5.91 Å². The Morgan fingerprint density at radius 1 is 0.857 bits per heavy atom. The molecule has 0 bridgehead atoms. The van der Waals surface area contributed by atoms with Gasteiger partial charge in [-0.3, -0.25) is 9.59 Å². The molecular formula is C30H34N2O8S2. The van der Waals surface area contributed by atoms with E-state index in [4.69, 9.17) is 15.2 Å². The Morgan fingerprint density at radius 2 is 1.45 bits per heavy atom. The molecule has 12 heteroatoms. The van der Waals surface area contributed by atoms with Crippen molar-refractivity contribution in [1.82, 2.24) is 4.31 Å². The number of ketones is 1. The van der Waals surface area contributed by atoms with Gasteiger partial charge in [-0.15, -0.1) is 0 Å². The fraction of sp³-hybridized carbons (Fsp3) is 0.333. The molecule has 3 aromatic rings. The molecule has 42 heavy (non-hydrogen) atoms. The molecule has 1 aliphatic rings. The van der Waals surface area contributed by atoms with E-state index >= 15 is 0 Å². The summed E-state index contributed by atoms with van der Waals surface area (Å²) in [4.78, 5) is 26.2. The maximum absolute atomic E-state index is 14.0. The Morgan fingerprint density at radius 3 is 2.10 bits per heavy atom. The molecule has 3 atom stereocenters. The molecule has 0 spiro atoms. The number of nitrogens with two attached hydrogens (primary N) is 1. The van der Waals surface area contributed by atoms with Crippen LogP contribution in [0.15, 0.2) is 83.8 Å². The average Bonchev–Trinajstić information content (AvgIpc) is 2.97. The Balaban J connectivity index is 1.63. The van der Waals surface area contributed by atoms with Gasteiger partial charge in [-0.05, 0) is 30.0 Å². The summed E-state index contributed by atoms with van der Waals surface area (Å²) in [7, 11) is -8.67. The number of sulfone groups is 1. The highest BCUT2D eigenvalue weighted by molar-refractivity contribution is 7.92. The van der Waals surface area contributed by atoms with E-state index in [1.807, 2.05) is 30.3 Å². The van der Waals surface area contributed by atoms with Crippen LogP contribution in [0, 0.1) is 11.8 Å². The SMILES string of the molecule is CC(CS(=O)(=O)CC(=O)c1ccccc1)C(=O)N([C@H](N)[C@@H](C)Cc1ccccc1)S(=O)(=O)c1ccc2c(c1)OCCO2. The zero-order valence-corrected chi connectivity index (χ0v) is 25.0. The van der Waals surface area contributed by atoms with Crippen LogP contribution in [0.5, 0.6) is 11.5 Å². The van der Waals surface area contributed by atoms with E-state index in [2.05, 4.69) is 0 Å². The third-order valence-electron chi connectivity index (χ3n) is 6.91. The molecule has 4 rings (SSSR count). The van der Waals surface area contributed by atoms with E-state index in [9.17, 15) is 26.4 Å². The molecular weight excluding hydrogens is 580 g/mol. The third kappa shape index (κ3) is 7.36. The molecule has 0 saturated carbocycles. The predicted molar refractivity (Wildman–Crippen MR) is 157 cm³/mol. The second-order valence-electron chi connectivity index (χ2n) is 10.3. The minimum atomic E-state index is -4.58. The Hall–Kier alpha value is -3.74. The Bertz CT molecular complexity index is 1630.